The van der Waals surface area contributed by atoms with Gasteiger partial charge in [0.2, 0.25) is 0 Å². The second kappa shape index (κ2) is 4.96. The number of benzene rings is 1. The van der Waals surface area contributed by atoms with E-state index in [0.717, 1.165) is 6.54 Å². The van der Waals surface area contributed by atoms with Gasteiger partial charge >= 0.3 is 0 Å². The van der Waals surface area contributed by atoms with Gasteiger partial charge in [-0.1, -0.05) is 12.1 Å². The Kier molecular flexibility index (Phi) is 2.89. The van der Waals surface area contributed by atoms with Gasteiger partial charge in [-0.2, -0.15) is 0 Å². The Balaban J connectivity index is 1.52. The summed E-state index contributed by atoms with van der Waals surface area (Å²) in [6, 6.07) is 7.41. The zero-order valence-corrected chi connectivity index (χ0v) is 13.4. The Morgan fingerprint density at radius 1 is 1.35 bits per heavy atom. The van der Waals surface area contributed by atoms with Crippen molar-refractivity contribution in [1.82, 2.24) is 19.4 Å². The van der Waals surface area contributed by atoms with Crippen LogP contribution < -0.4 is 0 Å². The Morgan fingerprint density at radius 2 is 2.30 bits per heavy atom. The van der Waals surface area contributed by atoms with Crippen molar-refractivity contribution in [2.24, 2.45) is 5.92 Å². The van der Waals surface area contributed by atoms with Gasteiger partial charge in [-0.25, -0.2) is 4.98 Å². The summed E-state index contributed by atoms with van der Waals surface area (Å²) >= 11 is 0. The van der Waals surface area contributed by atoms with Crippen LogP contribution >= 0.6 is 0 Å². The van der Waals surface area contributed by atoms with Crippen LogP contribution in [-0.4, -0.2) is 39.1 Å². The number of aromatic nitrogens is 3. The van der Waals surface area contributed by atoms with E-state index in [-0.39, 0.29) is 0 Å². The van der Waals surface area contributed by atoms with Crippen molar-refractivity contribution < 1.29 is 0 Å². The number of nitrogens with zero attached hydrogens (tertiary/aromatic N) is 3. The normalized spacial score (nSPS) is 27.3. The summed E-state index contributed by atoms with van der Waals surface area (Å²) < 4.78 is 2.23. The molecular formula is C19H22N4. The summed E-state index contributed by atoms with van der Waals surface area (Å²) in [6.07, 6.45) is 10.6. The third kappa shape index (κ3) is 2.05. The maximum absolute atomic E-state index is 4.19. The van der Waals surface area contributed by atoms with E-state index in [1.807, 2.05) is 12.5 Å². The molecule has 4 nitrogen and oxygen atoms in total. The van der Waals surface area contributed by atoms with Gasteiger partial charge in [0.05, 0.1) is 6.33 Å². The molecule has 3 heterocycles. The highest BCUT2D eigenvalue weighted by atomic mass is 15.2. The molecule has 5 rings (SSSR count). The van der Waals surface area contributed by atoms with Gasteiger partial charge in [0.15, 0.2) is 0 Å². The highest BCUT2D eigenvalue weighted by molar-refractivity contribution is 5.88. The summed E-state index contributed by atoms with van der Waals surface area (Å²) in [7, 11) is 2.30. The lowest BCUT2D eigenvalue weighted by atomic mass is 9.72. The van der Waals surface area contributed by atoms with Crippen LogP contribution in [0.1, 0.15) is 23.5 Å². The standard InChI is InChI=1S/C19H22N4/c1-22-10-13(11-23-6-5-20-12-23)7-16-15-3-2-4-17-19(15)14(9-21-17)8-18(16)22/h2-6,9,12-13,16,18,21H,7-8,10-11H2,1H3/t13-,16?,18-/m1/s1. The fourth-order valence-electron chi connectivity index (χ4n) is 4.88. The van der Waals surface area contributed by atoms with E-state index in [1.165, 1.54) is 35.9 Å². The molecule has 1 aliphatic carbocycles. The lowest BCUT2D eigenvalue weighted by molar-refractivity contribution is 0.103. The second-order valence-corrected chi connectivity index (χ2v) is 7.26. The molecule has 118 valence electrons. The van der Waals surface area contributed by atoms with E-state index in [1.54, 1.807) is 5.56 Å². The minimum Gasteiger partial charge on any atom is -0.361 e. The topological polar surface area (TPSA) is 36.9 Å². The number of likely N-dealkylation sites (tertiary alicyclic amines) is 1. The fourth-order valence-corrected chi connectivity index (χ4v) is 4.88. The zero-order chi connectivity index (χ0) is 15.4. The van der Waals surface area contributed by atoms with Crippen LogP contribution in [0.25, 0.3) is 10.9 Å². The van der Waals surface area contributed by atoms with Crippen molar-refractivity contribution in [2.45, 2.75) is 31.3 Å². The van der Waals surface area contributed by atoms with Gasteiger partial charge < -0.3 is 14.5 Å². The van der Waals surface area contributed by atoms with E-state index in [0.29, 0.717) is 17.9 Å². The molecule has 3 atom stereocenters. The number of hydrogen-bond donors (Lipinski definition) is 1. The van der Waals surface area contributed by atoms with Crippen molar-refractivity contribution >= 4 is 10.9 Å². The molecule has 0 saturated carbocycles. The number of H-pyrrole nitrogens is 1. The Labute approximate surface area is 136 Å². The van der Waals surface area contributed by atoms with E-state index in [9.17, 15) is 0 Å². The monoisotopic (exact) mass is 306 g/mol. The second-order valence-electron chi connectivity index (χ2n) is 7.26. The zero-order valence-electron chi connectivity index (χ0n) is 13.4. The maximum atomic E-state index is 4.19. The molecule has 1 saturated heterocycles. The molecule has 1 fully saturated rings. The van der Waals surface area contributed by atoms with E-state index < -0.39 is 0 Å². The summed E-state index contributed by atoms with van der Waals surface area (Å²) in [5.74, 6) is 1.33. The van der Waals surface area contributed by atoms with Crippen LogP contribution in [0, 0.1) is 5.92 Å². The molecular weight excluding hydrogens is 284 g/mol. The minimum atomic E-state index is 0.642. The first-order valence-electron chi connectivity index (χ1n) is 8.54. The van der Waals surface area contributed by atoms with E-state index >= 15 is 0 Å². The molecule has 1 unspecified atom stereocenters. The lowest BCUT2D eigenvalue weighted by Gasteiger charge is -2.45. The van der Waals surface area contributed by atoms with Crippen LogP contribution in [-0.2, 0) is 13.0 Å². The number of hydrogen-bond acceptors (Lipinski definition) is 2. The number of nitrogens with one attached hydrogen (secondary N) is 1. The highest BCUT2D eigenvalue weighted by Gasteiger charge is 2.39. The Bertz CT molecular complexity index is 832. The maximum Gasteiger partial charge on any atom is 0.0946 e. The summed E-state index contributed by atoms with van der Waals surface area (Å²) in [6.45, 7) is 2.25. The van der Waals surface area contributed by atoms with Crippen molar-refractivity contribution in [3.05, 3.63) is 54.2 Å². The molecule has 0 radical (unpaired) electrons. The average molecular weight is 306 g/mol. The molecule has 2 aromatic heterocycles. The smallest absolute Gasteiger partial charge is 0.0946 e. The number of fused-ring (bicyclic) bond motifs is 2. The van der Waals surface area contributed by atoms with E-state index in [2.05, 4.69) is 57.1 Å². The Hall–Kier alpha value is -2.07. The van der Waals surface area contributed by atoms with Gasteiger partial charge in [-0.05, 0) is 43.0 Å². The quantitative estimate of drug-likeness (QED) is 0.790. The summed E-state index contributed by atoms with van der Waals surface area (Å²) in [5, 5.41) is 1.49. The van der Waals surface area contributed by atoms with Crippen LogP contribution in [0.15, 0.2) is 43.1 Å². The number of aromatic amines is 1. The highest BCUT2D eigenvalue weighted by Crippen LogP contribution is 2.44. The molecule has 1 aromatic carbocycles. The van der Waals surface area contributed by atoms with Gasteiger partial charge in [-0.3, -0.25) is 0 Å². The van der Waals surface area contributed by atoms with Crippen LogP contribution in [0.5, 0.6) is 0 Å². The van der Waals surface area contributed by atoms with Crippen LogP contribution in [0.3, 0.4) is 0 Å². The summed E-state index contributed by atoms with van der Waals surface area (Å²) in [5.41, 5.74) is 4.35. The third-order valence-electron chi connectivity index (χ3n) is 5.84. The molecule has 3 aromatic rings. The van der Waals surface area contributed by atoms with E-state index in [4.69, 9.17) is 0 Å². The summed E-state index contributed by atoms with van der Waals surface area (Å²) in [4.78, 5) is 10.2. The van der Waals surface area contributed by atoms with Crippen molar-refractivity contribution in [3.63, 3.8) is 0 Å². The molecule has 1 N–H and O–H groups in total. The molecule has 2 aliphatic rings. The molecule has 1 aliphatic heterocycles. The molecule has 4 heteroatoms. The van der Waals surface area contributed by atoms with Crippen molar-refractivity contribution in [1.29, 1.82) is 0 Å². The van der Waals surface area contributed by atoms with Crippen molar-refractivity contribution in [2.75, 3.05) is 13.6 Å². The average Bonchev–Trinajstić information content (AvgIpc) is 3.20. The molecule has 23 heavy (non-hydrogen) atoms. The molecule has 0 spiro atoms. The largest absolute Gasteiger partial charge is 0.361 e. The first-order valence-corrected chi connectivity index (χ1v) is 8.54. The number of likely N-dealkylation sites (N-methyl/N-ethyl adjacent to an activating group) is 1. The molecule has 0 bridgehead atoms. The first kappa shape index (κ1) is 13.4. The Morgan fingerprint density at radius 3 is 3.17 bits per heavy atom. The number of piperidine rings is 1. The van der Waals surface area contributed by atoms with Crippen LogP contribution in [0.2, 0.25) is 0 Å². The first-order chi connectivity index (χ1) is 11.3. The van der Waals surface area contributed by atoms with Crippen molar-refractivity contribution in [3.8, 4) is 0 Å². The van der Waals surface area contributed by atoms with Gasteiger partial charge in [0, 0.05) is 54.5 Å². The SMILES string of the molecule is CN1C[C@H](Cn2ccnc2)CC2c3cccc4[nH]cc(c34)C[C@H]21. The van der Waals surface area contributed by atoms with Gasteiger partial charge in [-0.15, -0.1) is 0 Å². The van der Waals surface area contributed by atoms with Gasteiger partial charge in [0.25, 0.3) is 0 Å². The molecule has 0 amide bonds. The van der Waals surface area contributed by atoms with Gasteiger partial charge in [0.1, 0.15) is 0 Å². The van der Waals surface area contributed by atoms with Crippen LogP contribution in [0.4, 0.5) is 0 Å². The fraction of sp³-hybridized carbons (Fsp3) is 0.421. The minimum absolute atomic E-state index is 0.642. The number of rotatable bonds is 2. The lowest BCUT2D eigenvalue weighted by Crippen LogP contribution is -2.48. The predicted molar refractivity (Wildman–Crippen MR) is 91.5 cm³/mol. The third-order valence-corrected chi connectivity index (χ3v) is 5.84. The number of imidazole rings is 1. The predicted octanol–water partition coefficient (Wildman–Crippen LogP) is 3.02.